The number of amides is 1. The van der Waals surface area contributed by atoms with Gasteiger partial charge in [0.2, 0.25) is 0 Å². The van der Waals surface area contributed by atoms with Crippen LogP contribution in [0, 0.1) is 24.3 Å². The van der Waals surface area contributed by atoms with Gasteiger partial charge in [-0.2, -0.15) is 5.26 Å². The molecule has 0 radical (unpaired) electrons. The molecule has 0 aromatic heterocycles. The number of ether oxygens (including phenoxy) is 1. The molecule has 30 heavy (non-hydrogen) atoms. The molecule has 4 nitrogen and oxygen atoms in total. The number of hydrogen-bond donors (Lipinski definition) is 1. The summed E-state index contributed by atoms with van der Waals surface area (Å²) in [5.41, 5.74) is 2.21. The van der Waals surface area contributed by atoms with Gasteiger partial charge in [0.15, 0.2) is 0 Å². The number of hydrogen-bond acceptors (Lipinski definition) is 3. The van der Waals surface area contributed by atoms with E-state index in [1.807, 2.05) is 24.3 Å². The van der Waals surface area contributed by atoms with Crippen LogP contribution in [0.2, 0.25) is 0 Å². The van der Waals surface area contributed by atoms with E-state index in [-0.39, 0.29) is 11.4 Å². The van der Waals surface area contributed by atoms with Gasteiger partial charge in [-0.05, 0) is 98.8 Å². The fourth-order valence-electron chi connectivity index (χ4n) is 2.57. The standard InChI is InChI=1S/C23H15FI2N2O2/c24-18-8-6-15(7-9-18)14-30-22-20(25)11-16(12-21(22)26)10-17(13-27)23(29)28-19-4-2-1-3-5-19/h1-12H,14H2,(H,28,29)/b17-10-. The highest BCUT2D eigenvalue weighted by molar-refractivity contribution is 14.1. The summed E-state index contributed by atoms with van der Waals surface area (Å²) < 4.78 is 20.6. The second-order valence-electron chi connectivity index (χ2n) is 6.22. The normalized spacial score (nSPS) is 10.9. The summed E-state index contributed by atoms with van der Waals surface area (Å²) in [7, 11) is 0. The Kier molecular flexibility index (Phi) is 7.81. The fourth-order valence-corrected chi connectivity index (χ4v) is 4.70. The topological polar surface area (TPSA) is 62.1 Å². The number of carbonyl (C=O) groups is 1. The van der Waals surface area contributed by atoms with Crippen molar-refractivity contribution in [3.63, 3.8) is 0 Å². The molecule has 0 aliphatic carbocycles. The van der Waals surface area contributed by atoms with Crippen LogP contribution in [0.25, 0.3) is 6.08 Å². The molecule has 1 N–H and O–H groups in total. The zero-order chi connectivity index (χ0) is 21.5. The van der Waals surface area contributed by atoms with Crippen LogP contribution in [0.15, 0.2) is 72.3 Å². The molecule has 150 valence electrons. The van der Waals surface area contributed by atoms with Crippen molar-refractivity contribution >= 4 is 62.9 Å². The van der Waals surface area contributed by atoms with E-state index in [2.05, 4.69) is 50.5 Å². The minimum atomic E-state index is -0.467. The molecular formula is C23H15FI2N2O2. The van der Waals surface area contributed by atoms with Gasteiger partial charge in [-0.25, -0.2) is 4.39 Å². The number of nitrogens with one attached hydrogen (secondary N) is 1. The van der Waals surface area contributed by atoms with E-state index in [0.717, 1.165) is 18.3 Å². The van der Waals surface area contributed by atoms with Gasteiger partial charge in [-0.15, -0.1) is 0 Å². The minimum absolute atomic E-state index is 0.00503. The van der Waals surface area contributed by atoms with Gasteiger partial charge in [0.25, 0.3) is 5.91 Å². The predicted molar refractivity (Wildman–Crippen MR) is 131 cm³/mol. The Balaban J connectivity index is 1.76. The monoisotopic (exact) mass is 624 g/mol. The highest BCUT2D eigenvalue weighted by atomic mass is 127. The largest absolute Gasteiger partial charge is 0.487 e. The van der Waals surface area contributed by atoms with Gasteiger partial charge >= 0.3 is 0 Å². The maximum atomic E-state index is 13.0. The Hall–Kier alpha value is -2.45. The van der Waals surface area contributed by atoms with Crippen LogP contribution in [-0.2, 0) is 11.4 Å². The summed E-state index contributed by atoms with van der Waals surface area (Å²) in [4.78, 5) is 12.4. The lowest BCUT2D eigenvalue weighted by molar-refractivity contribution is -0.112. The summed E-state index contributed by atoms with van der Waals surface area (Å²) in [5, 5.41) is 12.1. The third-order valence-electron chi connectivity index (χ3n) is 4.02. The maximum Gasteiger partial charge on any atom is 0.266 e. The van der Waals surface area contributed by atoms with E-state index in [0.29, 0.717) is 18.0 Å². The molecule has 3 aromatic rings. The molecule has 0 unspecified atom stereocenters. The van der Waals surface area contributed by atoms with Crippen molar-refractivity contribution in [2.45, 2.75) is 6.61 Å². The highest BCUT2D eigenvalue weighted by Crippen LogP contribution is 2.30. The van der Waals surface area contributed by atoms with Crippen LogP contribution in [0.5, 0.6) is 5.75 Å². The lowest BCUT2D eigenvalue weighted by Gasteiger charge is -2.12. The first-order valence-corrected chi connectivity index (χ1v) is 11.0. The Bertz CT molecular complexity index is 1100. The third kappa shape index (κ3) is 6.03. The van der Waals surface area contributed by atoms with Crippen LogP contribution in [-0.4, -0.2) is 5.91 Å². The van der Waals surface area contributed by atoms with Crippen molar-refractivity contribution in [3.05, 3.63) is 96.4 Å². The average molecular weight is 624 g/mol. The highest BCUT2D eigenvalue weighted by Gasteiger charge is 2.13. The van der Waals surface area contributed by atoms with Crippen molar-refractivity contribution in [2.75, 3.05) is 5.32 Å². The van der Waals surface area contributed by atoms with E-state index in [4.69, 9.17) is 4.74 Å². The van der Waals surface area contributed by atoms with Gasteiger partial charge in [0, 0.05) is 5.69 Å². The van der Waals surface area contributed by atoms with Crippen LogP contribution in [0.3, 0.4) is 0 Å². The molecule has 0 heterocycles. The van der Waals surface area contributed by atoms with Gasteiger partial charge in [-0.3, -0.25) is 4.79 Å². The van der Waals surface area contributed by atoms with Crippen LogP contribution in [0.1, 0.15) is 11.1 Å². The number of nitriles is 1. The molecule has 0 bridgehead atoms. The number of rotatable bonds is 6. The maximum absolute atomic E-state index is 13.0. The lowest BCUT2D eigenvalue weighted by atomic mass is 10.1. The van der Waals surface area contributed by atoms with Crippen molar-refractivity contribution in [2.24, 2.45) is 0 Å². The number of benzene rings is 3. The molecule has 7 heteroatoms. The molecule has 0 saturated carbocycles. The van der Waals surface area contributed by atoms with E-state index >= 15 is 0 Å². The zero-order valence-electron chi connectivity index (χ0n) is 15.5. The van der Waals surface area contributed by atoms with Crippen LogP contribution >= 0.6 is 45.2 Å². The molecule has 0 fully saturated rings. The first kappa shape index (κ1) is 22.2. The molecule has 3 aromatic carbocycles. The molecule has 3 rings (SSSR count). The number of nitrogens with zero attached hydrogens (tertiary/aromatic N) is 1. The number of halogens is 3. The molecule has 0 saturated heterocycles. The molecule has 1 amide bonds. The Morgan fingerprint density at radius 2 is 1.70 bits per heavy atom. The van der Waals surface area contributed by atoms with E-state index in [1.54, 1.807) is 42.5 Å². The van der Waals surface area contributed by atoms with Gasteiger partial charge in [-0.1, -0.05) is 30.3 Å². The first-order chi connectivity index (χ1) is 14.5. The summed E-state index contributed by atoms with van der Waals surface area (Å²) in [5.74, 6) is -0.0566. The summed E-state index contributed by atoms with van der Waals surface area (Å²) in [6, 6.07) is 20.8. The third-order valence-corrected chi connectivity index (χ3v) is 5.63. The molecule has 0 aliphatic rings. The summed E-state index contributed by atoms with van der Waals surface area (Å²) in [6.07, 6.45) is 1.55. The van der Waals surface area contributed by atoms with Crippen molar-refractivity contribution in [3.8, 4) is 11.8 Å². The second-order valence-corrected chi connectivity index (χ2v) is 8.54. The van der Waals surface area contributed by atoms with E-state index < -0.39 is 5.91 Å². The quantitative estimate of drug-likeness (QED) is 0.203. The molecular weight excluding hydrogens is 609 g/mol. The molecule has 0 aliphatic heterocycles. The van der Waals surface area contributed by atoms with Gasteiger partial charge < -0.3 is 10.1 Å². The van der Waals surface area contributed by atoms with Gasteiger partial charge in [0.05, 0.1) is 7.14 Å². The van der Waals surface area contributed by atoms with Crippen molar-refractivity contribution < 1.29 is 13.9 Å². The zero-order valence-corrected chi connectivity index (χ0v) is 19.8. The lowest BCUT2D eigenvalue weighted by Crippen LogP contribution is -2.13. The van der Waals surface area contributed by atoms with Crippen LogP contribution in [0.4, 0.5) is 10.1 Å². The Morgan fingerprint density at radius 3 is 2.30 bits per heavy atom. The number of para-hydroxylation sites is 1. The predicted octanol–water partition coefficient (Wildman–Crippen LogP) is 6.16. The number of anilines is 1. The van der Waals surface area contributed by atoms with Crippen molar-refractivity contribution in [1.82, 2.24) is 0 Å². The first-order valence-electron chi connectivity index (χ1n) is 8.81. The molecule has 0 spiro atoms. The SMILES string of the molecule is N#C/C(=C/c1cc(I)c(OCc2ccc(F)cc2)c(I)c1)C(=O)Nc1ccccc1. The average Bonchev–Trinajstić information content (AvgIpc) is 2.73. The molecule has 0 atom stereocenters. The summed E-state index contributed by atoms with van der Waals surface area (Å²) >= 11 is 4.30. The van der Waals surface area contributed by atoms with E-state index in [1.165, 1.54) is 12.1 Å². The summed E-state index contributed by atoms with van der Waals surface area (Å²) in [6.45, 7) is 0.310. The Morgan fingerprint density at radius 1 is 1.07 bits per heavy atom. The van der Waals surface area contributed by atoms with Crippen molar-refractivity contribution in [1.29, 1.82) is 5.26 Å². The second kappa shape index (κ2) is 10.5. The smallest absolute Gasteiger partial charge is 0.266 e. The van der Waals surface area contributed by atoms with E-state index in [9.17, 15) is 14.4 Å². The fraction of sp³-hybridized carbons (Fsp3) is 0.0435. The Labute approximate surface area is 201 Å². The van der Waals surface area contributed by atoms with Crippen LogP contribution < -0.4 is 10.1 Å². The minimum Gasteiger partial charge on any atom is -0.487 e. The number of carbonyl (C=O) groups excluding carboxylic acids is 1. The van der Waals surface area contributed by atoms with Gasteiger partial charge in [0.1, 0.15) is 29.8 Å².